The summed E-state index contributed by atoms with van der Waals surface area (Å²) in [4.78, 5) is 8.89. The molecule has 7 heteroatoms. The summed E-state index contributed by atoms with van der Waals surface area (Å²) in [6.07, 6.45) is -0.880. The molecule has 0 spiro atoms. The third kappa shape index (κ3) is 3.52. The highest BCUT2D eigenvalue weighted by atomic mass is 32.2. The van der Waals surface area contributed by atoms with Gasteiger partial charge >= 0.3 is 6.18 Å². The summed E-state index contributed by atoms with van der Waals surface area (Å²) in [5.41, 5.74) is 0.172. The second-order valence-corrected chi connectivity index (χ2v) is 5.91. The van der Waals surface area contributed by atoms with E-state index in [9.17, 15) is 13.2 Å². The van der Waals surface area contributed by atoms with Gasteiger partial charge in [0, 0.05) is 16.0 Å². The van der Waals surface area contributed by atoms with E-state index in [1.54, 1.807) is 30.2 Å². The van der Waals surface area contributed by atoms with Gasteiger partial charge in [0.1, 0.15) is 0 Å². The molecule has 0 saturated carbocycles. The lowest BCUT2D eigenvalue weighted by atomic mass is 10.1. The molecule has 1 aromatic carbocycles. The SMILES string of the molecule is CSc1ccc(-c2nc(SC)nc(C(F)(F)F)c2C)cc1. The highest BCUT2D eigenvalue weighted by Crippen LogP contribution is 2.35. The predicted octanol–water partition coefficient (Wildman–Crippen LogP) is 4.91. The Labute approximate surface area is 129 Å². The Balaban J connectivity index is 2.61. The lowest BCUT2D eigenvalue weighted by Gasteiger charge is -2.14. The Morgan fingerprint density at radius 1 is 0.952 bits per heavy atom. The number of aromatic nitrogens is 2. The molecule has 0 unspecified atom stereocenters. The first-order chi connectivity index (χ1) is 9.86. The number of halogens is 3. The van der Waals surface area contributed by atoms with E-state index in [-0.39, 0.29) is 10.7 Å². The molecule has 0 saturated heterocycles. The fraction of sp³-hybridized carbons (Fsp3) is 0.286. The average Bonchev–Trinajstić information content (AvgIpc) is 2.46. The fourth-order valence-corrected chi connectivity index (χ4v) is 2.67. The van der Waals surface area contributed by atoms with Gasteiger partial charge in [-0.1, -0.05) is 23.9 Å². The highest BCUT2D eigenvalue weighted by molar-refractivity contribution is 7.98. The number of hydrogen-bond donors (Lipinski definition) is 0. The Kier molecular flexibility index (Phi) is 4.83. The third-order valence-electron chi connectivity index (χ3n) is 2.94. The van der Waals surface area contributed by atoms with Crippen molar-refractivity contribution in [3.05, 3.63) is 35.5 Å². The van der Waals surface area contributed by atoms with Crippen LogP contribution < -0.4 is 0 Å². The molecule has 112 valence electrons. The van der Waals surface area contributed by atoms with Crippen molar-refractivity contribution in [3.8, 4) is 11.3 Å². The van der Waals surface area contributed by atoms with Crippen molar-refractivity contribution in [1.82, 2.24) is 9.97 Å². The standard InChI is InChI=1S/C14H13F3N2S2/c1-8-11(9-4-6-10(20-2)7-5-9)18-13(21-3)19-12(8)14(15,16)17/h4-7H,1-3H3. The summed E-state index contributed by atoms with van der Waals surface area (Å²) >= 11 is 2.67. The fourth-order valence-electron chi connectivity index (χ4n) is 1.89. The van der Waals surface area contributed by atoms with Crippen LogP contribution in [0, 0.1) is 6.92 Å². The van der Waals surface area contributed by atoms with Crippen LogP contribution in [-0.4, -0.2) is 22.5 Å². The number of nitrogens with zero attached hydrogens (tertiary/aromatic N) is 2. The Morgan fingerprint density at radius 2 is 1.57 bits per heavy atom. The van der Waals surface area contributed by atoms with Crippen LogP contribution in [0.15, 0.2) is 34.3 Å². The molecule has 0 radical (unpaired) electrons. The lowest BCUT2D eigenvalue weighted by Crippen LogP contribution is -2.13. The van der Waals surface area contributed by atoms with Gasteiger partial charge in [-0.05, 0) is 31.6 Å². The van der Waals surface area contributed by atoms with Gasteiger partial charge in [-0.15, -0.1) is 11.8 Å². The Morgan fingerprint density at radius 3 is 2.05 bits per heavy atom. The number of thioether (sulfide) groups is 2. The van der Waals surface area contributed by atoms with Gasteiger partial charge in [0.05, 0.1) is 5.69 Å². The molecule has 0 bridgehead atoms. The van der Waals surface area contributed by atoms with Crippen LogP contribution in [0.1, 0.15) is 11.3 Å². The molecule has 1 aromatic heterocycles. The molecule has 1 heterocycles. The maximum atomic E-state index is 13.1. The normalized spacial score (nSPS) is 11.7. The summed E-state index contributed by atoms with van der Waals surface area (Å²) in [7, 11) is 0. The monoisotopic (exact) mass is 330 g/mol. The van der Waals surface area contributed by atoms with Gasteiger partial charge in [0.25, 0.3) is 0 Å². The van der Waals surface area contributed by atoms with E-state index in [0.29, 0.717) is 11.3 Å². The molecule has 2 rings (SSSR count). The minimum absolute atomic E-state index is 0.0530. The van der Waals surface area contributed by atoms with Crippen LogP contribution in [0.2, 0.25) is 0 Å². The van der Waals surface area contributed by atoms with Crippen molar-refractivity contribution < 1.29 is 13.2 Å². The van der Waals surface area contributed by atoms with E-state index in [2.05, 4.69) is 9.97 Å². The molecule has 0 aliphatic rings. The van der Waals surface area contributed by atoms with E-state index in [0.717, 1.165) is 16.7 Å². The van der Waals surface area contributed by atoms with E-state index < -0.39 is 11.9 Å². The van der Waals surface area contributed by atoms with Crippen LogP contribution in [0.3, 0.4) is 0 Å². The summed E-state index contributed by atoms with van der Waals surface area (Å²) in [5, 5.41) is 0.122. The summed E-state index contributed by atoms with van der Waals surface area (Å²) in [5.74, 6) is 0. The molecule has 0 atom stereocenters. The minimum Gasteiger partial charge on any atom is -0.222 e. The zero-order valence-electron chi connectivity index (χ0n) is 11.7. The zero-order chi connectivity index (χ0) is 15.6. The highest BCUT2D eigenvalue weighted by Gasteiger charge is 2.36. The Hall–Kier alpha value is -1.21. The number of benzene rings is 1. The van der Waals surface area contributed by atoms with E-state index >= 15 is 0 Å². The second-order valence-electron chi connectivity index (χ2n) is 4.26. The van der Waals surface area contributed by atoms with E-state index in [1.807, 2.05) is 18.4 Å². The molecule has 0 aliphatic heterocycles. The van der Waals surface area contributed by atoms with Gasteiger partial charge in [0.15, 0.2) is 10.9 Å². The molecule has 0 amide bonds. The number of rotatable bonds is 3. The molecule has 2 nitrogen and oxygen atoms in total. The van der Waals surface area contributed by atoms with Crippen molar-refractivity contribution in [3.63, 3.8) is 0 Å². The Bertz CT molecular complexity index is 640. The van der Waals surface area contributed by atoms with Crippen molar-refractivity contribution in [2.45, 2.75) is 23.2 Å². The molecular formula is C14H13F3N2S2. The van der Waals surface area contributed by atoms with Crippen molar-refractivity contribution in [2.75, 3.05) is 12.5 Å². The first kappa shape index (κ1) is 16.2. The average molecular weight is 330 g/mol. The molecule has 0 aliphatic carbocycles. The second kappa shape index (κ2) is 6.27. The summed E-state index contributed by atoms with van der Waals surface area (Å²) < 4.78 is 39.2. The maximum Gasteiger partial charge on any atom is 0.433 e. The molecule has 2 aromatic rings. The summed E-state index contributed by atoms with van der Waals surface area (Å²) in [6.45, 7) is 1.41. The van der Waals surface area contributed by atoms with Crippen LogP contribution in [-0.2, 0) is 6.18 Å². The van der Waals surface area contributed by atoms with Gasteiger partial charge in [-0.25, -0.2) is 9.97 Å². The van der Waals surface area contributed by atoms with Gasteiger partial charge < -0.3 is 0 Å². The van der Waals surface area contributed by atoms with Crippen molar-refractivity contribution in [2.24, 2.45) is 0 Å². The summed E-state index contributed by atoms with van der Waals surface area (Å²) in [6, 6.07) is 7.30. The smallest absolute Gasteiger partial charge is 0.222 e. The minimum atomic E-state index is -4.48. The molecule has 0 fully saturated rings. The third-order valence-corrected chi connectivity index (χ3v) is 4.23. The van der Waals surface area contributed by atoms with Crippen LogP contribution in [0.5, 0.6) is 0 Å². The van der Waals surface area contributed by atoms with E-state index in [1.165, 1.54) is 6.92 Å². The molecule has 21 heavy (non-hydrogen) atoms. The molecule has 0 N–H and O–H groups in total. The van der Waals surface area contributed by atoms with Crippen molar-refractivity contribution >= 4 is 23.5 Å². The van der Waals surface area contributed by atoms with Crippen molar-refractivity contribution in [1.29, 1.82) is 0 Å². The molecular weight excluding hydrogens is 317 g/mol. The largest absolute Gasteiger partial charge is 0.433 e. The maximum absolute atomic E-state index is 13.1. The number of alkyl halides is 3. The van der Waals surface area contributed by atoms with Gasteiger partial charge in [-0.2, -0.15) is 13.2 Å². The van der Waals surface area contributed by atoms with Gasteiger partial charge in [-0.3, -0.25) is 0 Å². The van der Waals surface area contributed by atoms with Gasteiger partial charge in [0.2, 0.25) is 0 Å². The topological polar surface area (TPSA) is 25.8 Å². The quantitative estimate of drug-likeness (QED) is 0.589. The first-order valence-corrected chi connectivity index (χ1v) is 8.46. The zero-order valence-corrected chi connectivity index (χ0v) is 13.3. The lowest BCUT2D eigenvalue weighted by molar-refractivity contribution is -0.142. The van der Waals surface area contributed by atoms with Crippen LogP contribution >= 0.6 is 23.5 Å². The first-order valence-electron chi connectivity index (χ1n) is 6.01. The van der Waals surface area contributed by atoms with Crippen LogP contribution in [0.4, 0.5) is 13.2 Å². The predicted molar refractivity (Wildman–Crippen MR) is 80.8 cm³/mol. The number of hydrogen-bond acceptors (Lipinski definition) is 4. The van der Waals surface area contributed by atoms with E-state index in [4.69, 9.17) is 0 Å². The van der Waals surface area contributed by atoms with Crippen LogP contribution in [0.25, 0.3) is 11.3 Å².